The highest BCUT2D eigenvalue weighted by Gasteiger charge is 2.31. The number of aromatic nitrogens is 1. The Labute approximate surface area is 139 Å². The molecule has 1 aliphatic heterocycles. The van der Waals surface area contributed by atoms with E-state index in [1.54, 1.807) is 0 Å². The molecule has 0 N–H and O–H groups in total. The number of fused-ring (bicyclic) bond motifs is 3. The number of nitrogens with zero attached hydrogens (tertiary/aromatic N) is 1. The maximum atomic E-state index is 12.9. The fourth-order valence-corrected chi connectivity index (χ4v) is 3.67. The Morgan fingerprint density at radius 2 is 1.58 bits per heavy atom. The summed E-state index contributed by atoms with van der Waals surface area (Å²) in [4.78, 5) is 12.9. The summed E-state index contributed by atoms with van der Waals surface area (Å²) in [7, 11) is 0. The predicted octanol–water partition coefficient (Wildman–Crippen LogP) is 4.44. The van der Waals surface area contributed by atoms with Crippen LogP contribution in [-0.4, -0.2) is 16.5 Å². The highest BCUT2D eigenvalue weighted by Crippen LogP contribution is 2.35. The quantitative estimate of drug-likeness (QED) is 0.548. The molecule has 1 atom stereocenters. The zero-order valence-electron chi connectivity index (χ0n) is 13.0. The SMILES string of the molecule is O=C1c2cccc3c4ccccc4n(c23)CC1Oc1ccccc1. The number of hydrogen-bond donors (Lipinski definition) is 0. The van der Waals surface area contributed by atoms with Crippen molar-refractivity contribution >= 4 is 27.6 Å². The van der Waals surface area contributed by atoms with Crippen molar-refractivity contribution in [3.63, 3.8) is 0 Å². The molecule has 1 aromatic heterocycles. The number of rotatable bonds is 2. The molecule has 0 saturated heterocycles. The molecule has 0 aliphatic carbocycles. The van der Waals surface area contributed by atoms with E-state index in [-0.39, 0.29) is 5.78 Å². The van der Waals surface area contributed by atoms with Crippen molar-refractivity contribution in [2.24, 2.45) is 0 Å². The molecule has 0 amide bonds. The third-order valence-electron chi connectivity index (χ3n) is 4.72. The summed E-state index contributed by atoms with van der Waals surface area (Å²) in [6.07, 6.45) is -0.499. The van der Waals surface area contributed by atoms with Crippen LogP contribution < -0.4 is 4.74 Å². The molecule has 3 heteroatoms. The van der Waals surface area contributed by atoms with Crippen molar-refractivity contribution in [1.29, 1.82) is 0 Å². The zero-order chi connectivity index (χ0) is 16.1. The van der Waals surface area contributed by atoms with Gasteiger partial charge in [-0.15, -0.1) is 0 Å². The molecule has 1 aliphatic rings. The Balaban J connectivity index is 1.70. The van der Waals surface area contributed by atoms with Crippen LogP contribution in [-0.2, 0) is 6.54 Å². The summed E-state index contributed by atoms with van der Waals surface area (Å²) in [6, 6.07) is 23.8. The number of ketones is 1. The van der Waals surface area contributed by atoms with Crippen LogP contribution >= 0.6 is 0 Å². The van der Waals surface area contributed by atoms with Crippen LogP contribution in [0.3, 0.4) is 0 Å². The predicted molar refractivity (Wildman–Crippen MR) is 94.6 cm³/mol. The van der Waals surface area contributed by atoms with Crippen LogP contribution in [0.25, 0.3) is 21.8 Å². The zero-order valence-corrected chi connectivity index (χ0v) is 13.0. The lowest BCUT2D eigenvalue weighted by Crippen LogP contribution is -2.35. The maximum absolute atomic E-state index is 12.9. The largest absolute Gasteiger partial charge is 0.480 e. The average Bonchev–Trinajstić information content (AvgIpc) is 2.95. The van der Waals surface area contributed by atoms with Gasteiger partial charge in [0.2, 0.25) is 5.78 Å². The Hall–Kier alpha value is -3.07. The molecule has 0 bridgehead atoms. The van der Waals surface area contributed by atoms with Gasteiger partial charge < -0.3 is 9.30 Å². The smallest absolute Gasteiger partial charge is 0.207 e. The molecule has 0 fully saturated rings. The minimum atomic E-state index is -0.499. The van der Waals surface area contributed by atoms with Crippen LogP contribution in [0, 0.1) is 0 Å². The van der Waals surface area contributed by atoms with Crippen molar-refractivity contribution in [3.8, 4) is 5.75 Å². The lowest BCUT2D eigenvalue weighted by molar-refractivity contribution is 0.0756. The van der Waals surface area contributed by atoms with Gasteiger partial charge in [0.1, 0.15) is 5.75 Å². The summed E-state index contributed by atoms with van der Waals surface area (Å²) in [5.74, 6) is 0.780. The lowest BCUT2D eigenvalue weighted by atomic mass is 9.99. The maximum Gasteiger partial charge on any atom is 0.207 e. The first-order valence-electron chi connectivity index (χ1n) is 8.09. The molecule has 3 nitrogen and oxygen atoms in total. The van der Waals surface area contributed by atoms with E-state index in [0.29, 0.717) is 6.54 Å². The topological polar surface area (TPSA) is 31.2 Å². The number of para-hydroxylation sites is 3. The van der Waals surface area contributed by atoms with Gasteiger partial charge in [-0.3, -0.25) is 4.79 Å². The molecule has 1 unspecified atom stereocenters. The van der Waals surface area contributed by atoms with Crippen molar-refractivity contribution < 1.29 is 9.53 Å². The number of carbonyl (C=O) groups is 1. The Morgan fingerprint density at radius 3 is 2.46 bits per heavy atom. The van der Waals surface area contributed by atoms with Crippen molar-refractivity contribution in [1.82, 2.24) is 4.57 Å². The number of ether oxygens (including phenoxy) is 1. The van der Waals surface area contributed by atoms with Crippen LogP contribution in [0.15, 0.2) is 72.8 Å². The van der Waals surface area contributed by atoms with E-state index in [4.69, 9.17) is 4.74 Å². The molecule has 3 aromatic carbocycles. The normalized spacial score (nSPS) is 16.7. The van der Waals surface area contributed by atoms with Crippen molar-refractivity contribution in [2.45, 2.75) is 12.6 Å². The highest BCUT2D eigenvalue weighted by atomic mass is 16.5. The molecule has 2 heterocycles. The monoisotopic (exact) mass is 313 g/mol. The molecular formula is C21H15NO2. The third kappa shape index (κ3) is 1.81. The van der Waals surface area contributed by atoms with E-state index < -0.39 is 6.10 Å². The second-order valence-electron chi connectivity index (χ2n) is 6.11. The molecule has 5 rings (SSSR count). The Morgan fingerprint density at radius 1 is 0.833 bits per heavy atom. The molecule has 0 spiro atoms. The number of hydrogen-bond acceptors (Lipinski definition) is 2. The average molecular weight is 313 g/mol. The third-order valence-corrected chi connectivity index (χ3v) is 4.72. The molecule has 0 radical (unpaired) electrons. The fourth-order valence-electron chi connectivity index (χ4n) is 3.67. The fraction of sp³-hybridized carbons (Fsp3) is 0.0952. The first-order chi connectivity index (χ1) is 11.8. The van der Waals surface area contributed by atoms with Gasteiger partial charge in [-0.25, -0.2) is 0 Å². The van der Waals surface area contributed by atoms with E-state index >= 15 is 0 Å². The summed E-state index contributed by atoms with van der Waals surface area (Å²) in [5.41, 5.74) is 2.92. The summed E-state index contributed by atoms with van der Waals surface area (Å²) in [5, 5.41) is 2.32. The Kier molecular flexibility index (Phi) is 2.77. The molecular weight excluding hydrogens is 298 g/mol. The second-order valence-corrected chi connectivity index (χ2v) is 6.11. The van der Waals surface area contributed by atoms with Crippen LogP contribution in [0.4, 0.5) is 0 Å². The summed E-state index contributed by atoms with van der Waals surface area (Å²) < 4.78 is 8.22. The van der Waals surface area contributed by atoms with Crippen molar-refractivity contribution in [3.05, 3.63) is 78.4 Å². The summed E-state index contributed by atoms with van der Waals surface area (Å²) in [6.45, 7) is 0.536. The number of Topliss-reactive ketones (excluding diaryl/α,β-unsaturated/α-hetero) is 1. The van der Waals surface area contributed by atoms with Gasteiger partial charge in [0.15, 0.2) is 6.10 Å². The van der Waals surface area contributed by atoms with Gasteiger partial charge in [-0.2, -0.15) is 0 Å². The van der Waals surface area contributed by atoms with Gasteiger partial charge in [0.25, 0.3) is 0 Å². The van der Waals surface area contributed by atoms with E-state index in [9.17, 15) is 4.79 Å². The van der Waals surface area contributed by atoms with Gasteiger partial charge in [0, 0.05) is 21.9 Å². The number of benzene rings is 3. The number of carbonyl (C=O) groups excluding carboxylic acids is 1. The van der Waals surface area contributed by atoms with E-state index in [2.05, 4.69) is 22.8 Å². The summed E-state index contributed by atoms with van der Waals surface area (Å²) >= 11 is 0. The first kappa shape index (κ1) is 13.4. The molecule has 4 aromatic rings. The van der Waals surface area contributed by atoms with E-state index in [1.165, 1.54) is 5.39 Å². The van der Waals surface area contributed by atoms with Gasteiger partial charge in [-0.1, -0.05) is 48.5 Å². The van der Waals surface area contributed by atoms with Crippen LogP contribution in [0.5, 0.6) is 5.75 Å². The van der Waals surface area contributed by atoms with Gasteiger partial charge in [0.05, 0.1) is 12.1 Å². The van der Waals surface area contributed by atoms with Crippen molar-refractivity contribution in [2.75, 3.05) is 0 Å². The lowest BCUT2D eigenvalue weighted by Gasteiger charge is -2.25. The van der Waals surface area contributed by atoms with Crippen LogP contribution in [0.2, 0.25) is 0 Å². The standard InChI is InChI=1S/C21H15NO2/c23-21-17-11-6-10-16-15-9-4-5-12-18(15)22(20(16)17)13-19(21)24-14-7-2-1-3-8-14/h1-12,19H,13H2. The van der Waals surface area contributed by atoms with E-state index in [0.717, 1.165) is 27.7 Å². The second kappa shape index (κ2) is 4.96. The minimum absolute atomic E-state index is 0.0553. The molecule has 24 heavy (non-hydrogen) atoms. The first-order valence-corrected chi connectivity index (χ1v) is 8.09. The highest BCUT2D eigenvalue weighted by molar-refractivity contribution is 6.18. The molecule has 0 saturated carbocycles. The van der Waals surface area contributed by atoms with Gasteiger partial charge in [-0.05, 0) is 24.3 Å². The Bertz CT molecular complexity index is 1080. The van der Waals surface area contributed by atoms with E-state index in [1.807, 2.05) is 54.6 Å². The minimum Gasteiger partial charge on any atom is -0.480 e. The van der Waals surface area contributed by atoms with Gasteiger partial charge >= 0.3 is 0 Å². The molecule has 116 valence electrons. The van der Waals surface area contributed by atoms with Crippen LogP contribution in [0.1, 0.15) is 10.4 Å².